The zero-order chi connectivity index (χ0) is 23.0. The van der Waals surface area contributed by atoms with Gasteiger partial charge in [0.25, 0.3) is 5.91 Å². The van der Waals surface area contributed by atoms with E-state index in [1.807, 2.05) is 13.8 Å². The Kier molecular flexibility index (Phi) is 8.86. The third-order valence-corrected chi connectivity index (χ3v) is 5.25. The molecule has 0 spiro atoms. The van der Waals surface area contributed by atoms with Gasteiger partial charge in [-0.25, -0.2) is 0 Å². The number of carbonyl (C=O) groups is 3. The first-order valence-corrected chi connectivity index (χ1v) is 10.6. The molecular weight excluding hydrogens is 398 g/mol. The van der Waals surface area contributed by atoms with Crippen LogP contribution in [0.2, 0.25) is 0 Å². The number of hydrogen-bond donors (Lipinski definition) is 0. The number of piperidine rings is 1. The molecule has 1 aliphatic rings. The Morgan fingerprint density at radius 1 is 1.29 bits per heavy atom. The molecule has 168 valence electrons. The van der Waals surface area contributed by atoms with Gasteiger partial charge in [-0.1, -0.05) is 26.0 Å². The maximum absolute atomic E-state index is 13.0. The van der Waals surface area contributed by atoms with Crippen molar-refractivity contribution in [3.63, 3.8) is 0 Å². The van der Waals surface area contributed by atoms with E-state index in [1.165, 1.54) is 4.90 Å². The molecule has 1 aromatic rings. The average Bonchev–Trinajstić information content (AvgIpc) is 2.77. The smallest absolute Gasteiger partial charge is 0.310 e. The molecule has 2 unspecified atom stereocenters. The third kappa shape index (κ3) is 6.45. The number of esters is 1. The molecule has 8 nitrogen and oxygen atoms in total. The zero-order valence-corrected chi connectivity index (χ0v) is 18.7. The fourth-order valence-corrected chi connectivity index (χ4v) is 3.52. The van der Waals surface area contributed by atoms with Crippen molar-refractivity contribution in [2.24, 2.45) is 11.8 Å². The van der Waals surface area contributed by atoms with Crippen molar-refractivity contribution in [1.82, 2.24) is 9.80 Å². The van der Waals surface area contributed by atoms with Gasteiger partial charge in [-0.3, -0.25) is 14.4 Å². The van der Waals surface area contributed by atoms with Crippen molar-refractivity contribution in [3.8, 4) is 11.8 Å². The van der Waals surface area contributed by atoms with Crippen LogP contribution < -0.4 is 4.74 Å². The highest BCUT2D eigenvalue weighted by Crippen LogP contribution is 2.22. The summed E-state index contributed by atoms with van der Waals surface area (Å²) < 4.78 is 11.0. The van der Waals surface area contributed by atoms with Crippen LogP contribution in [0.5, 0.6) is 5.75 Å². The third-order valence-electron chi connectivity index (χ3n) is 5.25. The standard InChI is InChI=1S/C23H31N3O5/c1-5-30-23(29)18-10-8-12-26(14-18)20(27)15-25(4)22(28)21(16(2)3)31-19-11-7-6-9-17(19)13-24/h6-7,9,11,16,18,21H,5,8,10,12,14-15H2,1-4H3. The molecule has 0 bridgehead atoms. The predicted molar refractivity (Wildman–Crippen MR) is 114 cm³/mol. The van der Waals surface area contributed by atoms with Crippen molar-refractivity contribution in [3.05, 3.63) is 29.8 Å². The Balaban J connectivity index is 2.02. The Hall–Kier alpha value is -3.08. The summed E-state index contributed by atoms with van der Waals surface area (Å²) in [7, 11) is 1.56. The van der Waals surface area contributed by atoms with Crippen molar-refractivity contribution in [1.29, 1.82) is 5.26 Å². The van der Waals surface area contributed by atoms with Crippen LogP contribution in [0.4, 0.5) is 0 Å². The van der Waals surface area contributed by atoms with Gasteiger partial charge in [0, 0.05) is 20.1 Å². The van der Waals surface area contributed by atoms with E-state index in [2.05, 4.69) is 6.07 Å². The Labute approximate surface area is 183 Å². The van der Waals surface area contributed by atoms with E-state index >= 15 is 0 Å². The second-order valence-electron chi connectivity index (χ2n) is 8.02. The molecule has 0 N–H and O–H groups in total. The molecule has 2 amide bonds. The number of para-hydroxylation sites is 1. The summed E-state index contributed by atoms with van der Waals surface area (Å²) in [5, 5.41) is 9.27. The van der Waals surface area contributed by atoms with Crippen molar-refractivity contribution in [2.75, 3.05) is 33.3 Å². The quantitative estimate of drug-likeness (QED) is 0.588. The first kappa shape index (κ1) is 24.2. The Bertz CT molecular complexity index is 833. The largest absolute Gasteiger partial charge is 0.479 e. The predicted octanol–water partition coefficient (Wildman–Crippen LogP) is 2.22. The fourth-order valence-electron chi connectivity index (χ4n) is 3.52. The van der Waals surface area contributed by atoms with Gasteiger partial charge in [-0.05, 0) is 37.8 Å². The molecule has 1 aromatic carbocycles. The van der Waals surface area contributed by atoms with E-state index < -0.39 is 6.10 Å². The molecule has 1 saturated heterocycles. The van der Waals surface area contributed by atoms with Gasteiger partial charge < -0.3 is 19.3 Å². The van der Waals surface area contributed by atoms with Crippen LogP contribution >= 0.6 is 0 Å². The lowest BCUT2D eigenvalue weighted by Crippen LogP contribution is -2.50. The van der Waals surface area contributed by atoms with E-state index in [1.54, 1.807) is 43.1 Å². The first-order chi connectivity index (χ1) is 14.8. The Morgan fingerprint density at radius 2 is 2.00 bits per heavy atom. The molecule has 0 radical (unpaired) electrons. The second-order valence-corrected chi connectivity index (χ2v) is 8.02. The summed E-state index contributed by atoms with van der Waals surface area (Å²) in [5.41, 5.74) is 0.345. The lowest BCUT2D eigenvalue weighted by atomic mass is 9.98. The molecule has 0 aromatic heterocycles. The van der Waals surface area contributed by atoms with Gasteiger partial charge in [0.05, 0.1) is 24.6 Å². The summed E-state index contributed by atoms with van der Waals surface area (Å²) in [5.74, 6) is -0.994. The molecule has 0 aliphatic carbocycles. The summed E-state index contributed by atoms with van der Waals surface area (Å²) in [6.07, 6.45) is 0.579. The number of ether oxygens (including phenoxy) is 2. The molecule has 1 aliphatic heterocycles. The fraction of sp³-hybridized carbons (Fsp3) is 0.565. The van der Waals surface area contributed by atoms with Gasteiger partial charge in [-0.2, -0.15) is 5.26 Å². The molecule has 2 rings (SSSR count). The van der Waals surface area contributed by atoms with Gasteiger partial charge >= 0.3 is 5.97 Å². The van der Waals surface area contributed by atoms with Crippen molar-refractivity contribution >= 4 is 17.8 Å². The lowest BCUT2D eigenvalue weighted by molar-refractivity contribution is -0.152. The molecular formula is C23H31N3O5. The van der Waals surface area contributed by atoms with Crippen LogP contribution in [0.1, 0.15) is 39.2 Å². The van der Waals surface area contributed by atoms with Gasteiger partial charge in [0.2, 0.25) is 5.91 Å². The lowest BCUT2D eigenvalue weighted by Gasteiger charge is -2.33. The van der Waals surface area contributed by atoms with Crippen LogP contribution in [-0.2, 0) is 19.1 Å². The summed E-state index contributed by atoms with van der Waals surface area (Å²) in [6.45, 7) is 6.51. The number of hydrogen-bond acceptors (Lipinski definition) is 6. The highest BCUT2D eigenvalue weighted by atomic mass is 16.5. The van der Waals surface area contributed by atoms with E-state index in [4.69, 9.17) is 9.47 Å². The summed E-state index contributed by atoms with van der Waals surface area (Å²) in [6, 6.07) is 8.80. The number of carbonyl (C=O) groups excluding carboxylic acids is 3. The Morgan fingerprint density at radius 3 is 2.65 bits per heavy atom. The van der Waals surface area contributed by atoms with Crippen LogP contribution in [0.15, 0.2) is 24.3 Å². The normalized spacial score (nSPS) is 16.9. The van der Waals surface area contributed by atoms with Gasteiger partial charge in [0.15, 0.2) is 6.10 Å². The van der Waals surface area contributed by atoms with Crippen LogP contribution in [-0.4, -0.2) is 67.0 Å². The number of benzene rings is 1. The van der Waals surface area contributed by atoms with E-state index in [0.717, 1.165) is 6.42 Å². The van der Waals surface area contributed by atoms with Crippen LogP contribution in [0.3, 0.4) is 0 Å². The average molecular weight is 430 g/mol. The van der Waals surface area contributed by atoms with Crippen LogP contribution in [0.25, 0.3) is 0 Å². The van der Waals surface area contributed by atoms with Gasteiger partial charge in [0.1, 0.15) is 11.8 Å². The monoisotopic (exact) mass is 429 g/mol. The van der Waals surface area contributed by atoms with E-state index in [9.17, 15) is 19.6 Å². The number of nitrogens with zero attached hydrogens (tertiary/aromatic N) is 3. The van der Waals surface area contributed by atoms with Gasteiger partial charge in [-0.15, -0.1) is 0 Å². The molecule has 8 heteroatoms. The SMILES string of the molecule is CCOC(=O)C1CCCN(C(=O)CN(C)C(=O)C(Oc2ccccc2C#N)C(C)C)C1. The topological polar surface area (TPSA) is 99.9 Å². The summed E-state index contributed by atoms with van der Waals surface area (Å²) >= 11 is 0. The maximum atomic E-state index is 13.0. The van der Waals surface area contributed by atoms with E-state index in [-0.39, 0.29) is 36.2 Å². The van der Waals surface area contributed by atoms with Crippen molar-refractivity contribution < 1.29 is 23.9 Å². The van der Waals surface area contributed by atoms with E-state index in [0.29, 0.717) is 37.4 Å². The molecule has 31 heavy (non-hydrogen) atoms. The number of rotatable bonds is 8. The second kappa shape index (κ2) is 11.3. The molecule has 1 fully saturated rings. The number of likely N-dealkylation sites (N-methyl/N-ethyl adjacent to an activating group) is 1. The highest BCUT2D eigenvalue weighted by Gasteiger charge is 2.32. The molecule has 1 heterocycles. The van der Waals surface area contributed by atoms with Crippen LogP contribution in [0, 0.1) is 23.2 Å². The molecule has 2 atom stereocenters. The minimum atomic E-state index is -0.832. The summed E-state index contributed by atoms with van der Waals surface area (Å²) in [4.78, 5) is 40.8. The van der Waals surface area contributed by atoms with Crippen molar-refractivity contribution in [2.45, 2.75) is 39.7 Å². The molecule has 0 saturated carbocycles. The maximum Gasteiger partial charge on any atom is 0.310 e. The first-order valence-electron chi connectivity index (χ1n) is 10.6. The minimum Gasteiger partial charge on any atom is -0.479 e. The zero-order valence-electron chi connectivity index (χ0n) is 18.7. The number of likely N-dealkylation sites (tertiary alicyclic amines) is 1. The number of amides is 2. The number of nitriles is 1. The highest BCUT2D eigenvalue weighted by molar-refractivity contribution is 5.87. The minimum absolute atomic E-state index is 0.110.